The maximum absolute atomic E-state index is 12.5. The van der Waals surface area contributed by atoms with Gasteiger partial charge in [-0.05, 0) is 24.0 Å². The van der Waals surface area contributed by atoms with Crippen LogP contribution < -0.4 is 0 Å². The van der Waals surface area contributed by atoms with Crippen LogP contribution in [0.15, 0.2) is 35.4 Å². The molecule has 1 N–H and O–H groups in total. The van der Waals surface area contributed by atoms with Gasteiger partial charge in [0.15, 0.2) is 0 Å². The van der Waals surface area contributed by atoms with Crippen molar-refractivity contribution >= 4 is 10.0 Å². The van der Waals surface area contributed by atoms with Crippen LogP contribution in [0.5, 0.6) is 0 Å². The zero-order chi connectivity index (χ0) is 15.6. The van der Waals surface area contributed by atoms with Gasteiger partial charge in [-0.3, -0.25) is 5.10 Å². The Bertz CT molecular complexity index is 703. The molecule has 0 spiro atoms. The molecule has 1 aromatic carbocycles. The van der Waals surface area contributed by atoms with Crippen LogP contribution in [0.1, 0.15) is 36.6 Å². The molecule has 0 radical (unpaired) electrons. The molecule has 0 saturated carbocycles. The molecule has 0 aliphatic rings. The summed E-state index contributed by atoms with van der Waals surface area (Å²) >= 11 is 0. The summed E-state index contributed by atoms with van der Waals surface area (Å²) in [5.41, 5.74) is 2.76. The van der Waals surface area contributed by atoms with Gasteiger partial charge in [0.1, 0.15) is 4.90 Å². The van der Waals surface area contributed by atoms with Gasteiger partial charge >= 0.3 is 0 Å². The highest BCUT2D eigenvalue weighted by molar-refractivity contribution is 7.89. The summed E-state index contributed by atoms with van der Waals surface area (Å²) in [6.07, 6.45) is 1.35. The Hall–Kier alpha value is -1.66. The lowest BCUT2D eigenvalue weighted by molar-refractivity contribution is 0.466. The number of hydrogen-bond acceptors (Lipinski definition) is 3. The van der Waals surface area contributed by atoms with Crippen molar-refractivity contribution in [1.82, 2.24) is 14.5 Å². The molecule has 6 heteroatoms. The van der Waals surface area contributed by atoms with Crippen molar-refractivity contribution < 1.29 is 8.42 Å². The van der Waals surface area contributed by atoms with Crippen molar-refractivity contribution in [2.24, 2.45) is 0 Å². The molecule has 0 aliphatic carbocycles. The maximum atomic E-state index is 12.5. The summed E-state index contributed by atoms with van der Waals surface area (Å²) in [5, 5.41) is 6.44. The Morgan fingerprint density at radius 1 is 1.24 bits per heavy atom. The van der Waals surface area contributed by atoms with E-state index in [9.17, 15) is 8.42 Å². The number of H-pyrrole nitrogens is 1. The van der Waals surface area contributed by atoms with Gasteiger partial charge in [-0.15, -0.1) is 0 Å². The van der Waals surface area contributed by atoms with Crippen molar-refractivity contribution in [3.8, 4) is 0 Å². The number of benzene rings is 1. The van der Waals surface area contributed by atoms with Crippen molar-refractivity contribution in [1.29, 1.82) is 0 Å². The summed E-state index contributed by atoms with van der Waals surface area (Å²) in [7, 11) is -1.93. The highest BCUT2D eigenvalue weighted by Crippen LogP contribution is 2.20. The van der Waals surface area contributed by atoms with Gasteiger partial charge in [0.2, 0.25) is 10.0 Å². The van der Waals surface area contributed by atoms with Crippen LogP contribution >= 0.6 is 0 Å². The van der Waals surface area contributed by atoms with E-state index >= 15 is 0 Å². The zero-order valence-electron chi connectivity index (χ0n) is 12.8. The van der Waals surface area contributed by atoms with Gasteiger partial charge in [0.25, 0.3) is 0 Å². The first kappa shape index (κ1) is 15.7. The van der Waals surface area contributed by atoms with Crippen LogP contribution in [0.25, 0.3) is 0 Å². The summed E-state index contributed by atoms with van der Waals surface area (Å²) in [6, 6.07) is 8.04. The average molecular weight is 307 g/mol. The fourth-order valence-corrected chi connectivity index (χ4v) is 3.39. The van der Waals surface area contributed by atoms with E-state index in [-0.39, 0.29) is 4.90 Å². The fraction of sp³-hybridized carbons (Fsp3) is 0.400. The summed E-state index contributed by atoms with van der Waals surface area (Å²) in [6.45, 7) is 6.30. The lowest BCUT2D eigenvalue weighted by Gasteiger charge is -2.17. The first-order chi connectivity index (χ1) is 9.82. The Kier molecular flexibility index (Phi) is 4.49. The highest BCUT2D eigenvalue weighted by Gasteiger charge is 2.24. The number of hydrogen-bond donors (Lipinski definition) is 1. The lowest BCUT2D eigenvalue weighted by atomic mass is 10.0. The van der Waals surface area contributed by atoms with Crippen LogP contribution in [0.4, 0.5) is 0 Å². The second-order valence-electron chi connectivity index (χ2n) is 5.52. The van der Waals surface area contributed by atoms with Gasteiger partial charge in [-0.1, -0.05) is 38.1 Å². The van der Waals surface area contributed by atoms with E-state index in [1.807, 2.05) is 24.3 Å². The number of nitrogens with one attached hydrogen (secondary N) is 1. The highest BCUT2D eigenvalue weighted by atomic mass is 32.2. The molecule has 0 unspecified atom stereocenters. The predicted molar refractivity (Wildman–Crippen MR) is 82.5 cm³/mol. The Balaban J connectivity index is 2.18. The first-order valence-electron chi connectivity index (χ1n) is 6.87. The molecule has 114 valence electrons. The van der Waals surface area contributed by atoms with E-state index in [1.165, 1.54) is 16.1 Å². The summed E-state index contributed by atoms with van der Waals surface area (Å²) in [5.74, 6) is 0.467. The number of rotatable bonds is 5. The normalized spacial score (nSPS) is 12.3. The lowest BCUT2D eigenvalue weighted by Crippen LogP contribution is -2.26. The third-order valence-electron chi connectivity index (χ3n) is 3.52. The molecule has 0 amide bonds. The molecular weight excluding hydrogens is 286 g/mol. The Morgan fingerprint density at radius 3 is 2.33 bits per heavy atom. The maximum Gasteiger partial charge on any atom is 0.246 e. The van der Waals surface area contributed by atoms with Crippen molar-refractivity contribution in [3.63, 3.8) is 0 Å². The van der Waals surface area contributed by atoms with Crippen molar-refractivity contribution in [2.45, 2.75) is 38.1 Å². The molecule has 0 fully saturated rings. The van der Waals surface area contributed by atoms with Crippen molar-refractivity contribution in [3.05, 3.63) is 47.3 Å². The number of aromatic amines is 1. The smallest absolute Gasteiger partial charge is 0.246 e. The molecule has 2 rings (SSSR count). The zero-order valence-corrected chi connectivity index (χ0v) is 13.6. The van der Waals surface area contributed by atoms with Crippen LogP contribution in [0, 0.1) is 6.92 Å². The molecule has 0 atom stereocenters. The van der Waals surface area contributed by atoms with Gasteiger partial charge < -0.3 is 0 Å². The van der Waals surface area contributed by atoms with E-state index in [2.05, 4.69) is 24.0 Å². The number of aryl methyl sites for hydroxylation is 1. The van der Waals surface area contributed by atoms with Gasteiger partial charge in [-0.2, -0.15) is 9.40 Å². The molecule has 0 bridgehead atoms. The number of aromatic nitrogens is 2. The molecule has 1 aromatic heterocycles. The molecule has 1 heterocycles. The predicted octanol–water partition coefficient (Wildman–Crippen LogP) is 2.66. The van der Waals surface area contributed by atoms with E-state index in [4.69, 9.17) is 0 Å². The van der Waals surface area contributed by atoms with Gasteiger partial charge in [0.05, 0.1) is 11.9 Å². The molecule has 2 aromatic rings. The minimum absolute atomic E-state index is 0.226. The topological polar surface area (TPSA) is 66.1 Å². The van der Waals surface area contributed by atoms with E-state index in [1.54, 1.807) is 14.0 Å². The third kappa shape index (κ3) is 3.33. The molecule has 0 saturated heterocycles. The van der Waals surface area contributed by atoms with E-state index < -0.39 is 10.0 Å². The minimum Gasteiger partial charge on any atom is -0.281 e. The molecular formula is C15H21N3O2S. The van der Waals surface area contributed by atoms with Crippen LogP contribution in [-0.2, 0) is 16.6 Å². The van der Waals surface area contributed by atoms with E-state index in [0.29, 0.717) is 18.2 Å². The standard InChI is InChI=1S/C15H21N3O2S/c1-11(2)14-7-5-13(6-8-14)10-18(4)21(19,20)15-9-16-17-12(15)3/h5-9,11H,10H2,1-4H3,(H,16,17). The molecule has 21 heavy (non-hydrogen) atoms. The quantitative estimate of drug-likeness (QED) is 0.923. The average Bonchev–Trinajstić information content (AvgIpc) is 2.86. The second kappa shape index (κ2) is 5.99. The number of nitrogens with zero attached hydrogens (tertiary/aromatic N) is 2. The van der Waals surface area contributed by atoms with Crippen LogP contribution in [-0.4, -0.2) is 30.0 Å². The number of sulfonamides is 1. The van der Waals surface area contributed by atoms with Crippen LogP contribution in [0.3, 0.4) is 0 Å². The SMILES string of the molecule is Cc1[nH]ncc1S(=O)(=O)N(C)Cc1ccc(C(C)C)cc1. The van der Waals surface area contributed by atoms with Crippen molar-refractivity contribution in [2.75, 3.05) is 7.05 Å². The summed E-state index contributed by atoms with van der Waals surface area (Å²) < 4.78 is 26.3. The third-order valence-corrected chi connectivity index (χ3v) is 5.44. The van der Waals surface area contributed by atoms with Crippen LogP contribution in [0.2, 0.25) is 0 Å². The largest absolute Gasteiger partial charge is 0.281 e. The second-order valence-corrected chi connectivity index (χ2v) is 7.53. The minimum atomic E-state index is -3.51. The first-order valence-corrected chi connectivity index (χ1v) is 8.31. The summed E-state index contributed by atoms with van der Waals surface area (Å²) in [4.78, 5) is 0.226. The monoisotopic (exact) mass is 307 g/mol. The van der Waals surface area contributed by atoms with E-state index in [0.717, 1.165) is 5.56 Å². The van der Waals surface area contributed by atoms with Gasteiger partial charge in [-0.25, -0.2) is 8.42 Å². The fourth-order valence-electron chi connectivity index (χ4n) is 2.12. The van der Waals surface area contributed by atoms with Gasteiger partial charge in [0, 0.05) is 13.6 Å². The molecule has 5 nitrogen and oxygen atoms in total. The Morgan fingerprint density at radius 2 is 1.86 bits per heavy atom. The molecule has 0 aliphatic heterocycles. The Labute approximate surface area is 126 Å².